The highest BCUT2D eigenvalue weighted by Crippen LogP contribution is 2.33. The van der Waals surface area contributed by atoms with Gasteiger partial charge in [-0.25, -0.2) is 0 Å². The van der Waals surface area contributed by atoms with Crippen molar-refractivity contribution >= 4 is 5.97 Å². The van der Waals surface area contributed by atoms with Gasteiger partial charge in [0.15, 0.2) is 0 Å². The smallest absolute Gasteiger partial charge is 0.393 e. The Morgan fingerprint density at radius 1 is 1.35 bits per heavy atom. The van der Waals surface area contributed by atoms with E-state index in [9.17, 15) is 18.0 Å². The number of halogens is 3. The van der Waals surface area contributed by atoms with Crippen LogP contribution in [0.5, 0.6) is 0 Å². The summed E-state index contributed by atoms with van der Waals surface area (Å²) >= 11 is 0. The van der Waals surface area contributed by atoms with Gasteiger partial charge < -0.3 is 10.0 Å². The molecule has 1 aliphatic rings. The third kappa shape index (κ3) is 5.39. The van der Waals surface area contributed by atoms with Crippen molar-refractivity contribution in [2.24, 2.45) is 5.92 Å². The minimum atomic E-state index is -4.10. The van der Waals surface area contributed by atoms with E-state index in [1.807, 2.05) is 0 Å². The van der Waals surface area contributed by atoms with E-state index >= 15 is 0 Å². The number of likely N-dealkylation sites (tertiary alicyclic amines) is 1. The molecule has 0 radical (unpaired) electrons. The van der Waals surface area contributed by atoms with Crippen molar-refractivity contribution in [1.82, 2.24) is 4.90 Å². The van der Waals surface area contributed by atoms with E-state index in [2.05, 4.69) is 0 Å². The largest absolute Gasteiger partial charge is 0.481 e. The van der Waals surface area contributed by atoms with Crippen molar-refractivity contribution in [2.45, 2.75) is 38.3 Å². The molecule has 0 spiro atoms. The van der Waals surface area contributed by atoms with Crippen LogP contribution in [0.4, 0.5) is 13.2 Å². The molecular formula is C11H18F3NO2. The molecule has 17 heavy (non-hydrogen) atoms. The van der Waals surface area contributed by atoms with E-state index in [4.69, 9.17) is 5.11 Å². The number of rotatable bonds is 5. The SMILES string of the molecule is O=C(O)CCCCN1CCCC(C(F)(F)F)C1. The third-order valence-electron chi connectivity index (χ3n) is 3.08. The van der Waals surface area contributed by atoms with Gasteiger partial charge in [-0.05, 0) is 38.8 Å². The van der Waals surface area contributed by atoms with E-state index in [0.717, 1.165) is 0 Å². The average molecular weight is 253 g/mol. The molecular weight excluding hydrogens is 235 g/mol. The molecule has 0 saturated carbocycles. The summed E-state index contributed by atoms with van der Waals surface area (Å²) in [5, 5.41) is 8.44. The Bertz CT molecular complexity index is 256. The molecule has 100 valence electrons. The number of carboxylic acids is 1. The normalized spacial score (nSPS) is 22.6. The van der Waals surface area contributed by atoms with Crippen molar-refractivity contribution < 1.29 is 23.1 Å². The predicted molar refractivity (Wildman–Crippen MR) is 56.7 cm³/mol. The van der Waals surface area contributed by atoms with Gasteiger partial charge in [-0.15, -0.1) is 0 Å². The molecule has 0 aromatic carbocycles. The lowest BCUT2D eigenvalue weighted by Crippen LogP contribution is -2.42. The molecule has 0 aromatic rings. The van der Waals surface area contributed by atoms with E-state index in [-0.39, 0.29) is 19.4 Å². The maximum Gasteiger partial charge on any atom is 0.393 e. The first-order valence-electron chi connectivity index (χ1n) is 5.90. The molecule has 1 rings (SSSR count). The van der Waals surface area contributed by atoms with Crippen LogP contribution in [0.3, 0.4) is 0 Å². The third-order valence-corrected chi connectivity index (χ3v) is 3.08. The minimum absolute atomic E-state index is 0.0660. The summed E-state index contributed by atoms with van der Waals surface area (Å²) in [7, 11) is 0. The number of unbranched alkanes of at least 4 members (excludes halogenated alkanes) is 1. The van der Waals surface area contributed by atoms with Gasteiger partial charge in [0, 0.05) is 13.0 Å². The Morgan fingerprint density at radius 2 is 2.06 bits per heavy atom. The molecule has 1 saturated heterocycles. The van der Waals surface area contributed by atoms with Crippen molar-refractivity contribution in [1.29, 1.82) is 0 Å². The summed E-state index contributed by atoms with van der Waals surface area (Å²) < 4.78 is 37.5. The number of carboxylic acid groups (broad SMARTS) is 1. The van der Waals surface area contributed by atoms with E-state index < -0.39 is 18.1 Å². The topological polar surface area (TPSA) is 40.5 Å². The molecule has 6 heteroatoms. The molecule has 1 aliphatic heterocycles. The molecule has 1 unspecified atom stereocenters. The Balaban J connectivity index is 2.23. The Labute approximate surface area is 98.6 Å². The van der Waals surface area contributed by atoms with Crippen LogP contribution in [0.2, 0.25) is 0 Å². The average Bonchev–Trinajstić information content (AvgIpc) is 2.23. The predicted octanol–water partition coefficient (Wildman–Crippen LogP) is 2.52. The van der Waals surface area contributed by atoms with Crippen molar-refractivity contribution in [3.05, 3.63) is 0 Å². The van der Waals surface area contributed by atoms with Gasteiger partial charge in [0.2, 0.25) is 0 Å². The minimum Gasteiger partial charge on any atom is -0.481 e. The summed E-state index contributed by atoms with van der Waals surface area (Å²) in [6.45, 7) is 1.33. The number of alkyl halides is 3. The lowest BCUT2D eigenvalue weighted by molar-refractivity contribution is -0.186. The summed E-state index contributed by atoms with van der Waals surface area (Å²) in [6, 6.07) is 0. The molecule has 1 atom stereocenters. The van der Waals surface area contributed by atoms with Gasteiger partial charge in [-0.3, -0.25) is 4.79 Å². The fourth-order valence-electron chi connectivity index (χ4n) is 2.14. The van der Waals surface area contributed by atoms with Crippen molar-refractivity contribution in [3.8, 4) is 0 Å². The van der Waals surface area contributed by atoms with Crippen LogP contribution in [0.15, 0.2) is 0 Å². The van der Waals surface area contributed by atoms with Crippen LogP contribution in [0.1, 0.15) is 32.1 Å². The first-order valence-corrected chi connectivity index (χ1v) is 5.90. The maximum absolute atomic E-state index is 12.5. The summed E-state index contributed by atoms with van der Waals surface area (Å²) in [5.41, 5.74) is 0. The molecule has 0 bridgehead atoms. The zero-order valence-corrected chi connectivity index (χ0v) is 9.67. The van der Waals surface area contributed by atoms with E-state index in [1.165, 1.54) is 0 Å². The van der Waals surface area contributed by atoms with Crippen molar-refractivity contribution in [3.63, 3.8) is 0 Å². The lowest BCUT2D eigenvalue weighted by Gasteiger charge is -2.33. The molecule has 0 aromatic heterocycles. The van der Waals surface area contributed by atoms with Crippen LogP contribution in [0, 0.1) is 5.92 Å². The van der Waals surface area contributed by atoms with E-state index in [1.54, 1.807) is 4.90 Å². The second kappa shape index (κ2) is 6.23. The van der Waals surface area contributed by atoms with Crippen LogP contribution < -0.4 is 0 Å². The number of carbonyl (C=O) groups is 1. The van der Waals surface area contributed by atoms with Gasteiger partial charge in [0.1, 0.15) is 0 Å². The Kier molecular flexibility index (Phi) is 5.24. The maximum atomic E-state index is 12.5. The lowest BCUT2D eigenvalue weighted by atomic mass is 9.97. The van der Waals surface area contributed by atoms with E-state index in [0.29, 0.717) is 32.4 Å². The van der Waals surface area contributed by atoms with Gasteiger partial charge in [0.05, 0.1) is 5.92 Å². The second-order valence-electron chi connectivity index (χ2n) is 4.53. The molecule has 1 fully saturated rings. The first-order chi connectivity index (χ1) is 7.89. The molecule has 0 aliphatic carbocycles. The Morgan fingerprint density at radius 3 is 2.65 bits per heavy atom. The summed E-state index contributed by atoms with van der Waals surface area (Å²) in [4.78, 5) is 12.1. The first kappa shape index (κ1) is 14.3. The number of nitrogens with zero attached hydrogens (tertiary/aromatic N) is 1. The fourth-order valence-corrected chi connectivity index (χ4v) is 2.14. The standard InChI is InChI=1S/C11H18F3NO2/c12-11(13,14)9-4-3-7-15(8-9)6-2-1-5-10(16)17/h9H,1-8H2,(H,16,17). The number of hydrogen-bond donors (Lipinski definition) is 1. The van der Waals surface area contributed by atoms with Gasteiger partial charge in [-0.1, -0.05) is 0 Å². The second-order valence-corrected chi connectivity index (χ2v) is 4.53. The van der Waals surface area contributed by atoms with Crippen molar-refractivity contribution in [2.75, 3.05) is 19.6 Å². The monoisotopic (exact) mass is 253 g/mol. The number of hydrogen-bond acceptors (Lipinski definition) is 2. The quantitative estimate of drug-likeness (QED) is 0.765. The zero-order valence-electron chi connectivity index (χ0n) is 9.67. The van der Waals surface area contributed by atoms with Gasteiger partial charge in [0.25, 0.3) is 0 Å². The van der Waals surface area contributed by atoms with Crippen LogP contribution >= 0.6 is 0 Å². The molecule has 1 heterocycles. The Hall–Kier alpha value is -0.780. The molecule has 0 amide bonds. The highest BCUT2D eigenvalue weighted by molar-refractivity contribution is 5.66. The summed E-state index contributed by atoms with van der Waals surface area (Å²) in [6.07, 6.45) is -2.03. The fraction of sp³-hybridized carbons (Fsp3) is 0.909. The zero-order chi connectivity index (χ0) is 12.9. The van der Waals surface area contributed by atoms with Crippen LogP contribution in [-0.2, 0) is 4.79 Å². The summed E-state index contributed by atoms with van der Waals surface area (Å²) in [5.74, 6) is -2.06. The highest BCUT2D eigenvalue weighted by Gasteiger charge is 2.41. The molecule has 3 nitrogen and oxygen atoms in total. The number of aliphatic carboxylic acids is 1. The van der Waals surface area contributed by atoms with Gasteiger partial charge >= 0.3 is 12.1 Å². The van der Waals surface area contributed by atoms with Crippen LogP contribution in [0.25, 0.3) is 0 Å². The number of piperidine rings is 1. The highest BCUT2D eigenvalue weighted by atomic mass is 19.4. The van der Waals surface area contributed by atoms with Gasteiger partial charge in [-0.2, -0.15) is 13.2 Å². The molecule has 1 N–H and O–H groups in total. The van der Waals surface area contributed by atoms with Crippen LogP contribution in [-0.4, -0.2) is 41.8 Å².